The quantitative estimate of drug-likeness (QED) is 0.742. The van der Waals surface area contributed by atoms with E-state index in [1.54, 1.807) is 0 Å². The van der Waals surface area contributed by atoms with E-state index in [1.807, 2.05) is 30.9 Å². The number of anilines is 1. The monoisotopic (exact) mass is 353 g/mol. The molecule has 2 aromatic rings. The molecule has 0 fully saturated rings. The number of urea groups is 1. The van der Waals surface area contributed by atoms with Crippen LogP contribution in [0.25, 0.3) is 16.5 Å². The van der Waals surface area contributed by atoms with Gasteiger partial charge in [0.25, 0.3) is 0 Å². The second kappa shape index (κ2) is 6.36. The average molecular weight is 353 g/mol. The minimum atomic E-state index is -0.0190. The lowest BCUT2D eigenvalue weighted by atomic mass is 9.80. The van der Waals surface area contributed by atoms with E-state index in [4.69, 9.17) is 5.73 Å². The predicted octanol–water partition coefficient (Wildman–Crippen LogP) is 2.42. The summed E-state index contributed by atoms with van der Waals surface area (Å²) in [5, 5.41) is 4.41. The van der Waals surface area contributed by atoms with E-state index in [-0.39, 0.29) is 12.1 Å². The van der Waals surface area contributed by atoms with Crippen molar-refractivity contribution in [3.05, 3.63) is 35.5 Å². The van der Waals surface area contributed by atoms with Crippen molar-refractivity contribution in [3.8, 4) is 0 Å². The molecular formula is C20H27N5O. The summed E-state index contributed by atoms with van der Waals surface area (Å²) in [6, 6.07) is 4.29. The van der Waals surface area contributed by atoms with Gasteiger partial charge in [0.2, 0.25) is 0 Å². The lowest BCUT2D eigenvalue weighted by Gasteiger charge is -2.40. The van der Waals surface area contributed by atoms with Crippen LogP contribution in [-0.2, 0) is 6.42 Å². The summed E-state index contributed by atoms with van der Waals surface area (Å²) < 4.78 is 0. The Morgan fingerprint density at radius 2 is 2.15 bits per heavy atom. The van der Waals surface area contributed by atoms with Crippen molar-refractivity contribution in [2.45, 2.75) is 32.4 Å². The number of rotatable bonds is 3. The van der Waals surface area contributed by atoms with Crippen molar-refractivity contribution >= 4 is 28.2 Å². The first-order chi connectivity index (χ1) is 12.5. The number of nitrogens with zero attached hydrogens (tertiary/aromatic N) is 2. The number of fused-ring (bicyclic) bond motifs is 2. The molecule has 1 aliphatic carbocycles. The van der Waals surface area contributed by atoms with Crippen LogP contribution in [0.4, 0.5) is 10.5 Å². The molecule has 4 rings (SSSR count). The fourth-order valence-electron chi connectivity index (χ4n) is 4.41. The highest BCUT2D eigenvalue weighted by molar-refractivity contribution is 6.02. The smallest absolute Gasteiger partial charge is 0.317 e. The number of H-pyrrole nitrogens is 1. The molecule has 0 radical (unpaired) electrons. The number of carbonyl (C=O) groups is 1. The first-order valence-electron chi connectivity index (χ1n) is 9.39. The highest BCUT2D eigenvalue weighted by Crippen LogP contribution is 2.42. The van der Waals surface area contributed by atoms with E-state index in [0.717, 1.165) is 29.7 Å². The maximum atomic E-state index is 12.5. The molecule has 2 atom stereocenters. The fraction of sp³-hybridized carbons (Fsp3) is 0.450. The maximum absolute atomic E-state index is 12.5. The summed E-state index contributed by atoms with van der Waals surface area (Å²) in [7, 11) is 2.13. The molecule has 1 aromatic carbocycles. The standard InChI is InChI=1S/C20H27N5O/c1-4-25(5-2)20(26)23-13-9-14-17(24(3)11-13)8-12-10-22-16-7-6-15(21)19(14)18(12)16/h6-7,9-10,13,17,22H,4-5,8,11,21H2,1-3H3,(H,23,26)/t13-,17-/m1/s1. The van der Waals surface area contributed by atoms with E-state index in [1.165, 1.54) is 16.5 Å². The van der Waals surface area contributed by atoms with Crippen molar-refractivity contribution < 1.29 is 4.79 Å². The Hall–Kier alpha value is -2.47. The van der Waals surface area contributed by atoms with Crippen molar-refractivity contribution in [2.75, 3.05) is 32.4 Å². The third-order valence-corrected chi connectivity index (χ3v) is 5.78. The van der Waals surface area contributed by atoms with E-state index >= 15 is 0 Å². The molecule has 2 aliphatic rings. The first kappa shape index (κ1) is 17.0. The lowest BCUT2D eigenvalue weighted by Crippen LogP contribution is -2.52. The Labute approximate surface area is 154 Å². The van der Waals surface area contributed by atoms with Crippen LogP contribution in [0.3, 0.4) is 0 Å². The van der Waals surface area contributed by atoms with Crippen LogP contribution in [0, 0.1) is 0 Å². The van der Waals surface area contributed by atoms with Gasteiger partial charge in [-0.25, -0.2) is 4.79 Å². The van der Waals surface area contributed by atoms with Gasteiger partial charge in [-0.3, -0.25) is 4.90 Å². The number of hydrogen-bond donors (Lipinski definition) is 3. The number of nitrogens with two attached hydrogens (primary N) is 1. The van der Waals surface area contributed by atoms with Crippen LogP contribution in [-0.4, -0.2) is 59.6 Å². The van der Waals surface area contributed by atoms with Crippen molar-refractivity contribution in [3.63, 3.8) is 0 Å². The fourth-order valence-corrected chi connectivity index (χ4v) is 4.41. The lowest BCUT2D eigenvalue weighted by molar-refractivity contribution is 0.193. The molecule has 1 aliphatic heterocycles. The second-order valence-corrected chi connectivity index (χ2v) is 7.28. The van der Waals surface area contributed by atoms with Gasteiger partial charge in [0.1, 0.15) is 0 Å². The molecule has 0 spiro atoms. The van der Waals surface area contributed by atoms with Gasteiger partial charge < -0.3 is 20.9 Å². The molecule has 26 heavy (non-hydrogen) atoms. The molecule has 1 aromatic heterocycles. The summed E-state index contributed by atoms with van der Waals surface area (Å²) in [4.78, 5) is 20.0. The molecule has 6 heteroatoms. The van der Waals surface area contributed by atoms with Crippen LogP contribution in [0.2, 0.25) is 0 Å². The molecule has 2 amide bonds. The second-order valence-electron chi connectivity index (χ2n) is 7.28. The van der Waals surface area contributed by atoms with Crippen molar-refractivity contribution in [1.82, 2.24) is 20.1 Å². The molecule has 0 unspecified atom stereocenters. The van der Waals surface area contributed by atoms with Crippen LogP contribution >= 0.6 is 0 Å². The van der Waals surface area contributed by atoms with Gasteiger partial charge in [-0.05, 0) is 50.6 Å². The highest BCUT2D eigenvalue weighted by atomic mass is 16.2. The number of hydrogen-bond acceptors (Lipinski definition) is 3. The third-order valence-electron chi connectivity index (χ3n) is 5.78. The Kier molecular flexibility index (Phi) is 4.15. The maximum Gasteiger partial charge on any atom is 0.317 e. The topological polar surface area (TPSA) is 77.4 Å². The number of amides is 2. The summed E-state index contributed by atoms with van der Waals surface area (Å²) >= 11 is 0. The normalized spacial score (nSPS) is 22.0. The van der Waals surface area contributed by atoms with E-state index in [0.29, 0.717) is 19.1 Å². The minimum absolute atomic E-state index is 0.00646. The largest absolute Gasteiger partial charge is 0.398 e. The molecule has 4 N–H and O–H groups in total. The van der Waals surface area contributed by atoms with E-state index in [9.17, 15) is 4.79 Å². The van der Waals surface area contributed by atoms with Crippen LogP contribution in [0.15, 0.2) is 24.4 Å². The number of benzene rings is 1. The molecule has 0 bridgehead atoms. The Balaban J connectivity index is 1.73. The van der Waals surface area contributed by atoms with Gasteiger partial charge in [-0.1, -0.05) is 6.08 Å². The molecule has 0 saturated heterocycles. The number of nitrogen functional groups attached to an aromatic ring is 1. The SMILES string of the molecule is CCN(CC)C(=O)N[C@@H]1C=C2c3c(N)ccc4[nH]cc(c34)C[C@H]2N(C)C1. The predicted molar refractivity (Wildman–Crippen MR) is 106 cm³/mol. The first-order valence-corrected chi connectivity index (χ1v) is 9.39. The molecule has 6 nitrogen and oxygen atoms in total. The van der Waals surface area contributed by atoms with Gasteiger partial charge in [0, 0.05) is 54.0 Å². The number of nitrogens with one attached hydrogen (secondary N) is 2. The summed E-state index contributed by atoms with van der Waals surface area (Å²) in [6.07, 6.45) is 5.29. The zero-order valence-electron chi connectivity index (χ0n) is 15.7. The number of aromatic amines is 1. The Morgan fingerprint density at radius 3 is 2.88 bits per heavy atom. The van der Waals surface area contributed by atoms with Gasteiger partial charge in [0.15, 0.2) is 0 Å². The minimum Gasteiger partial charge on any atom is -0.398 e. The van der Waals surface area contributed by atoms with E-state index < -0.39 is 0 Å². The van der Waals surface area contributed by atoms with Gasteiger partial charge in [0.05, 0.1) is 6.04 Å². The summed E-state index contributed by atoms with van der Waals surface area (Å²) in [6.45, 7) is 6.23. The Bertz CT molecular complexity index is 880. The van der Waals surface area contributed by atoms with Crippen molar-refractivity contribution in [1.29, 1.82) is 0 Å². The number of likely N-dealkylation sites (N-methyl/N-ethyl adjacent to an activating group) is 1. The molecular weight excluding hydrogens is 326 g/mol. The third kappa shape index (κ3) is 2.56. The summed E-state index contributed by atoms with van der Waals surface area (Å²) in [5.74, 6) is 0. The Morgan fingerprint density at radius 1 is 1.38 bits per heavy atom. The highest BCUT2D eigenvalue weighted by Gasteiger charge is 2.35. The van der Waals surface area contributed by atoms with Gasteiger partial charge in [-0.15, -0.1) is 0 Å². The van der Waals surface area contributed by atoms with Crippen molar-refractivity contribution in [2.24, 2.45) is 0 Å². The van der Waals surface area contributed by atoms with E-state index in [2.05, 4.69) is 34.5 Å². The molecule has 0 saturated carbocycles. The number of carbonyl (C=O) groups excluding carboxylic acids is 1. The van der Waals surface area contributed by atoms with Crippen LogP contribution in [0.5, 0.6) is 0 Å². The molecule has 138 valence electrons. The van der Waals surface area contributed by atoms with Gasteiger partial charge in [-0.2, -0.15) is 0 Å². The van der Waals surface area contributed by atoms with Crippen LogP contribution in [0.1, 0.15) is 25.0 Å². The molecule has 2 heterocycles. The zero-order valence-corrected chi connectivity index (χ0v) is 15.7. The summed E-state index contributed by atoms with van der Waals surface area (Å²) in [5.41, 5.74) is 12.0. The zero-order chi connectivity index (χ0) is 18.4. The van der Waals surface area contributed by atoms with Crippen LogP contribution < -0.4 is 11.1 Å². The van der Waals surface area contributed by atoms with Gasteiger partial charge >= 0.3 is 6.03 Å². The average Bonchev–Trinajstić information content (AvgIpc) is 3.02. The number of aromatic nitrogens is 1.